The fourth-order valence-electron chi connectivity index (χ4n) is 5.94. The maximum absolute atomic E-state index is 12.7. The number of nitrogens with zero attached hydrogens (tertiary/aromatic N) is 3. The van der Waals surface area contributed by atoms with Gasteiger partial charge in [0.15, 0.2) is 11.2 Å². The lowest BCUT2D eigenvalue weighted by molar-refractivity contribution is -0.0945. The Morgan fingerprint density at radius 1 is 1.07 bits per heavy atom. The van der Waals surface area contributed by atoms with E-state index in [-0.39, 0.29) is 17.7 Å². The molecule has 43 heavy (non-hydrogen) atoms. The van der Waals surface area contributed by atoms with Crippen molar-refractivity contribution in [3.05, 3.63) is 112 Å². The lowest BCUT2D eigenvalue weighted by atomic mass is 9.79. The lowest BCUT2D eigenvalue weighted by Crippen LogP contribution is -2.39. The van der Waals surface area contributed by atoms with Crippen LogP contribution in [-0.2, 0) is 15.1 Å². The molecule has 2 aliphatic rings. The normalized spacial score (nSPS) is 20.7. The number of rotatable bonds is 8. The lowest BCUT2D eigenvalue weighted by Gasteiger charge is -2.41. The van der Waals surface area contributed by atoms with E-state index in [1.165, 1.54) is 0 Å². The molecule has 0 amide bonds. The predicted molar refractivity (Wildman–Crippen MR) is 165 cm³/mol. The number of imidazole rings is 1. The van der Waals surface area contributed by atoms with Gasteiger partial charge >= 0.3 is 0 Å². The Hall–Kier alpha value is -3.96. The van der Waals surface area contributed by atoms with Crippen LogP contribution in [0.2, 0.25) is 0 Å². The third-order valence-corrected chi connectivity index (χ3v) is 9.17. The first-order valence-electron chi connectivity index (χ1n) is 14.5. The number of hydrogen-bond acceptors (Lipinski definition) is 8. The van der Waals surface area contributed by atoms with E-state index >= 15 is 0 Å². The zero-order valence-corrected chi connectivity index (χ0v) is 24.8. The van der Waals surface area contributed by atoms with Crippen LogP contribution >= 0.6 is 11.8 Å². The van der Waals surface area contributed by atoms with Gasteiger partial charge in [0.2, 0.25) is 5.95 Å². The number of H-pyrrole nitrogens is 1. The Morgan fingerprint density at radius 2 is 1.74 bits per heavy atom. The van der Waals surface area contributed by atoms with Crippen molar-refractivity contribution in [3.8, 4) is 0 Å². The van der Waals surface area contributed by atoms with E-state index < -0.39 is 24.0 Å². The van der Waals surface area contributed by atoms with Crippen molar-refractivity contribution in [2.75, 3.05) is 18.5 Å². The minimum absolute atomic E-state index is 0.141. The summed E-state index contributed by atoms with van der Waals surface area (Å²) in [5.41, 5.74) is 2.52. The van der Waals surface area contributed by atoms with E-state index in [0.717, 1.165) is 26.5 Å². The van der Waals surface area contributed by atoms with Gasteiger partial charge in [-0.3, -0.25) is 14.3 Å². The molecule has 2 aromatic heterocycles. The minimum Gasteiger partial charge on any atom is -0.390 e. The highest BCUT2D eigenvalue weighted by atomic mass is 32.2. The Bertz CT molecular complexity index is 1780. The highest BCUT2D eigenvalue weighted by molar-refractivity contribution is 7.99. The van der Waals surface area contributed by atoms with Gasteiger partial charge in [-0.25, -0.2) is 4.98 Å². The molecule has 9 nitrogen and oxygen atoms in total. The summed E-state index contributed by atoms with van der Waals surface area (Å²) < 4.78 is 15.2. The monoisotopic (exact) mass is 595 g/mol. The molecule has 220 valence electrons. The standard InChI is InChI=1S/C33H33N5O4S/c1-20(2)17-34-32-36-30-29(31(40)37-32)35-19-38(30)28-16-24(39)25(42-28)18-41-33(21-10-4-3-5-11-21)22-12-6-8-14-26(22)43-27-15-9-7-13-23(27)33/h3-15,19-20,24-25,28,39H,16-18H2,1-2H3,(H2,34,36,37,40)/t24-,25+,28+/m0/s1. The molecular weight excluding hydrogens is 562 g/mol. The molecule has 0 saturated carbocycles. The highest BCUT2D eigenvalue weighted by Crippen LogP contribution is 2.53. The van der Waals surface area contributed by atoms with Gasteiger partial charge in [-0.2, -0.15) is 4.98 Å². The second-order valence-electron chi connectivity index (χ2n) is 11.4. The summed E-state index contributed by atoms with van der Waals surface area (Å²) in [7, 11) is 0. The van der Waals surface area contributed by atoms with E-state index in [9.17, 15) is 9.90 Å². The van der Waals surface area contributed by atoms with Crippen molar-refractivity contribution in [1.29, 1.82) is 0 Å². The predicted octanol–water partition coefficient (Wildman–Crippen LogP) is 5.31. The molecule has 3 aromatic carbocycles. The number of fused-ring (bicyclic) bond motifs is 3. The third kappa shape index (κ3) is 4.94. The number of aromatic nitrogens is 4. The molecule has 3 atom stereocenters. The summed E-state index contributed by atoms with van der Waals surface area (Å²) in [6.45, 7) is 4.96. The van der Waals surface area contributed by atoms with Gasteiger partial charge in [0.05, 0.1) is 19.0 Å². The van der Waals surface area contributed by atoms with E-state index in [2.05, 4.69) is 70.5 Å². The van der Waals surface area contributed by atoms with Crippen molar-refractivity contribution >= 4 is 28.9 Å². The van der Waals surface area contributed by atoms with Gasteiger partial charge in [-0.1, -0.05) is 92.3 Å². The molecule has 0 spiro atoms. The topological polar surface area (TPSA) is 114 Å². The number of benzene rings is 3. The second-order valence-corrected chi connectivity index (χ2v) is 12.5. The Balaban J connectivity index is 1.21. The maximum Gasteiger partial charge on any atom is 0.280 e. The van der Waals surface area contributed by atoms with Gasteiger partial charge in [-0.05, 0) is 23.6 Å². The average molecular weight is 596 g/mol. The number of hydrogen-bond donors (Lipinski definition) is 3. The summed E-state index contributed by atoms with van der Waals surface area (Å²) in [5, 5.41) is 14.4. The van der Waals surface area contributed by atoms with Crippen LogP contribution in [0, 0.1) is 5.92 Å². The third-order valence-electron chi connectivity index (χ3n) is 8.02. The molecule has 0 aliphatic carbocycles. The van der Waals surface area contributed by atoms with Crippen molar-refractivity contribution in [1.82, 2.24) is 19.5 Å². The summed E-state index contributed by atoms with van der Waals surface area (Å²) in [6, 6.07) is 26.9. The fraction of sp³-hybridized carbons (Fsp3) is 0.303. The van der Waals surface area contributed by atoms with E-state index in [4.69, 9.17) is 9.47 Å². The van der Waals surface area contributed by atoms with Crippen LogP contribution in [0.3, 0.4) is 0 Å². The number of anilines is 1. The van der Waals surface area contributed by atoms with Crippen molar-refractivity contribution in [2.45, 2.75) is 54.1 Å². The molecule has 10 heteroatoms. The van der Waals surface area contributed by atoms with E-state index in [0.29, 0.717) is 30.5 Å². The quantitative estimate of drug-likeness (QED) is 0.221. The zero-order valence-electron chi connectivity index (χ0n) is 23.9. The van der Waals surface area contributed by atoms with Gasteiger partial charge in [0.1, 0.15) is 17.9 Å². The van der Waals surface area contributed by atoms with Crippen LogP contribution in [0.15, 0.2) is 99.8 Å². The molecule has 7 rings (SSSR count). The number of aliphatic hydroxyl groups is 1. The molecule has 4 heterocycles. The van der Waals surface area contributed by atoms with Crippen LogP contribution in [0.4, 0.5) is 5.95 Å². The summed E-state index contributed by atoms with van der Waals surface area (Å²) in [4.78, 5) is 26.7. The molecule has 0 bridgehead atoms. The molecule has 0 radical (unpaired) electrons. The maximum atomic E-state index is 12.7. The van der Waals surface area contributed by atoms with Gasteiger partial charge in [0, 0.05) is 33.9 Å². The van der Waals surface area contributed by atoms with Crippen molar-refractivity contribution in [3.63, 3.8) is 0 Å². The summed E-state index contributed by atoms with van der Waals surface area (Å²) in [6.07, 6.45) is -0.105. The zero-order chi connectivity index (χ0) is 29.6. The van der Waals surface area contributed by atoms with Gasteiger partial charge in [-0.15, -0.1) is 0 Å². The van der Waals surface area contributed by atoms with E-state index in [1.807, 2.05) is 42.5 Å². The Labute approximate surface area is 253 Å². The molecule has 1 fully saturated rings. The first kappa shape index (κ1) is 27.8. The van der Waals surface area contributed by atoms with Gasteiger partial charge in [0.25, 0.3) is 5.56 Å². The van der Waals surface area contributed by atoms with E-state index in [1.54, 1.807) is 22.7 Å². The van der Waals surface area contributed by atoms with Crippen LogP contribution in [0.1, 0.15) is 43.2 Å². The van der Waals surface area contributed by atoms with Crippen molar-refractivity contribution < 1.29 is 14.6 Å². The highest BCUT2D eigenvalue weighted by Gasteiger charge is 2.46. The number of aliphatic hydroxyl groups excluding tert-OH is 1. The van der Waals surface area contributed by atoms with Crippen LogP contribution in [0.5, 0.6) is 0 Å². The molecule has 5 aromatic rings. The molecular formula is C33H33N5O4S. The molecule has 2 aliphatic heterocycles. The van der Waals surface area contributed by atoms with Crippen LogP contribution < -0.4 is 10.9 Å². The first-order valence-corrected chi connectivity index (χ1v) is 15.4. The first-order chi connectivity index (χ1) is 20.9. The van der Waals surface area contributed by atoms with Crippen molar-refractivity contribution in [2.24, 2.45) is 5.92 Å². The smallest absolute Gasteiger partial charge is 0.280 e. The number of ether oxygens (including phenoxy) is 2. The average Bonchev–Trinajstić information content (AvgIpc) is 3.62. The largest absolute Gasteiger partial charge is 0.390 e. The minimum atomic E-state index is -0.894. The summed E-state index contributed by atoms with van der Waals surface area (Å²) >= 11 is 1.73. The SMILES string of the molecule is CC(C)CNc1nc2c(ncn2[C@H]2C[C@H](O)[C@@H](COC3(c4ccccc4)c4ccccc4Sc4ccccc43)O2)c(=O)[nH]1. The van der Waals surface area contributed by atoms with Crippen LogP contribution in [0.25, 0.3) is 11.2 Å². The Kier molecular flexibility index (Phi) is 7.30. The molecule has 3 N–H and O–H groups in total. The van der Waals surface area contributed by atoms with Gasteiger partial charge < -0.3 is 19.9 Å². The Morgan fingerprint density at radius 3 is 2.44 bits per heavy atom. The molecule has 1 saturated heterocycles. The fourth-order valence-corrected chi connectivity index (χ4v) is 7.12. The second kappa shape index (κ2) is 11.3. The molecule has 0 unspecified atom stereocenters. The number of aromatic amines is 1. The number of nitrogens with one attached hydrogen (secondary N) is 2. The summed E-state index contributed by atoms with van der Waals surface area (Å²) in [5.74, 6) is 0.754. The van der Waals surface area contributed by atoms with Crippen LogP contribution in [-0.4, -0.2) is 50.0 Å².